The smallest absolute Gasteiger partial charge is 0.312 e. The first kappa shape index (κ1) is 40.6. The Morgan fingerprint density at radius 2 is 1.35 bits per heavy atom. The number of phenolic OH excluding ortho intramolecular Hbond substituents is 1. The van der Waals surface area contributed by atoms with Crippen molar-refractivity contribution in [3.63, 3.8) is 0 Å². The predicted molar refractivity (Wildman–Crippen MR) is 206 cm³/mol. The number of carbonyl (C=O) groups is 3. The number of aromatic hydroxyl groups is 1. The van der Waals surface area contributed by atoms with Gasteiger partial charge < -0.3 is 19.3 Å². The van der Waals surface area contributed by atoms with Crippen molar-refractivity contribution in [1.29, 1.82) is 0 Å². The van der Waals surface area contributed by atoms with Crippen LogP contribution in [0.5, 0.6) is 11.5 Å². The van der Waals surface area contributed by atoms with E-state index in [0.717, 1.165) is 49.8 Å². The lowest BCUT2D eigenvalue weighted by Gasteiger charge is -2.34. The number of hydrogen-bond donors (Lipinski definition) is 1. The highest BCUT2D eigenvalue weighted by Gasteiger charge is 2.40. The minimum Gasteiger partial charge on any atom is -0.508 e. The quantitative estimate of drug-likeness (QED) is 0.244. The zero-order valence-electron chi connectivity index (χ0n) is 33.0. The molecule has 1 N–H and O–H groups in total. The Morgan fingerprint density at radius 3 is 1.96 bits per heavy atom. The van der Waals surface area contributed by atoms with Gasteiger partial charge in [0.05, 0.1) is 22.3 Å². The van der Waals surface area contributed by atoms with E-state index in [2.05, 4.69) is 24.3 Å². The number of para-hydroxylation sites is 1. The fourth-order valence-electron chi connectivity index (χ4n) is 6.45. The van der Waals surface area contributed by atoms with Gasteiger partial charge in [0, 0.05) is 12.3 Å². The summed E-state index contributed by atoms with van der Waals surface area (Å²) in [4.78, 5) is 36.1. The molecule has 3 aromatic rings. The zero-order valence-corrected chi connectivity index (χ0v) is 33.0. The van der Waals surface area contributed by atoms with Crippen LogP contribution in [0.15, 0.2) is 66.7 Å². The summed E-state index contributed by atoms with van der Waals surface area (Å²) in [5.74, 6) is 1.32. The average molecular weight is 713 g/mol. The fraction of sp³-hybridized carbons (Fsp3) is 0.533. The maximum absolute atomic E-state index is 12.3. The predicted octanol–water partition coefficient (Wildman–Crippen LogP) is 9.67. The van der Waals surface area contributed by atoms with Crippen LogP contribution in [-0.4, -0.2) is 40.6 Å². The van der Waals surface area contributed by atoms with Crippen LogP contribution >= 0.6 is 0 Å². The summed E-state index contributed by atoms with van der Waals surface area (Å²) in [5, 5.41) is 9.52. The first-order chi connectivity index (χ1) is 24.4. The number of esters is 2. The lowest BCUT2D eigenvalue weighted by molar-refractivity contribution is -0.172. The molecule has 3 aliphatic rings. The topological polar surface area (TPSA) is 99.1 Å². The number of rotatable bonds is 7. The number of ether oxygens (including phenoxy) is 3. The van der Waals surface area contributed by atoms with Gasteiger partial charge in [0.1, 0.15) is 29.3 Å². The zero-order chi connectivity index (χ0) is 38.4. The second-order valence-electron chi connectivity index (χ2n) is 16.5. The van der Waals surface area contributed by atoms with Gasteiger partial charge in [0.25, 0.3) is 0 Å². The van der Waals surface area contributed by atoms with E-state index in [-0.39, 0.29) is 41.6 Å². The first-order valence-corrected chi connectivity index (χ1v) is 19.0. The second kappa shape index (κ2) is 16.7. The van der Waals surface area contributed by atoms with Crippen LogP contribution in [0.1, 0.15) is 121 Å². The molecule has 0 bridgehead atoms. The Labute approximate surface area is 311 Å². The van der Waals surface area contributed by atoms with E-state index in [1.165, 1.54) is 16.7 Å². The number of aryl methyl sites for hydroxylation is 1. The highest BCUT2D eigenvalue weighted by atomic mass is 16.6. The molecular formula is C45H60O7. The van der Waals surface area contributed by atoms with Gasteiger partial charge in [-0.15, -0.1) is 0 Å². The van der Waals surface area contributed by atoms with Crippen molar-refractivity contribution in [1.82, 2.24) is 0 Å². The molecule has 3 atom stereocenters. The van der Waals surface area contributed by atoms with Gasteiger partial charge >= 0.3 is 11.9 Å². The molecule has 1 heterocycles. The minimum atomic E-state index is -0.418. The molecule has 3 aromatic carbocycles. The molecule has 0 aromatic heterocycles. The Hall–Kier alpha value is -4.13. The maximum atomic E-state index is 12.3. The lowest BCUT2D eigenvalue weighted by atomic mass is 9.86. The van der Waals surface area contributed by atoms with E-state index >= 15 is 0 Å². The first-order valence-electron chi connectivity index (χ1n) is 19.0. The molecule has 1 aliphatic heterocycles. The lowest BCUT2D eigenvalue weighted by Crippen LogP contribution is -2.41. The SMILES string of the molecule is CC1Oc2ccccc2C(=O)C1C.CCC(C)(C)C(=O)OC(C)(C)C1Cc2ccccc2C1.CCC(C)(C)C(=O)OC1CCc2ccc(O)cc2C1. The van der Waals surface area contributed by atoms with Crippen LogP contribution < -0.4 is 4.74 Å². The molecule has 0 radical (unpaired) electrons. The largest absolute Gasteiger partial charge is 0.508 e. The van der Waals surface area contributed by atoms with Gasteiger partial charge in [-0.1, -0.05) is 63.2 Å². The third-order valence-electron chi connectivity index (χ3n) is 11.5. The summed E-state index contributed by atoms with van der Waals surface area (Å²) >= 11 is 0. The molecule has 52 heavy (non-hydrogen) atoms. The van der Waals surface area contributed by atoms with E-state index in [4.69, 9.17) is 14.2 Å². The number of Topliss-reactive ketones (excluding diaryl/α,β-unsaturated/α-hetero) is 1. The van der Waals surface area contributed by atoms with Gasteiger partial charge in [0.2, 0.25) is 0 Å². The summed E-state index contributed by atoms with van der Waals surface area (Å²) in [6.45, 7) is 19.7. The van der Waals surface area contributed by atoms with Crippen LogP contribution in [0.4, 0.5) is 0 Å². The van der Waals surface area contributed by atoms with Gasteiger partial charge in [-0.05, 0) is 134 Å². The van der Waals surface area contributed by atoms with E-state index in [9.17, 15) is 19.5 Å². The highest BCUT2D eigenvalue weighted by Crippen LogP contribution is 2.37. The summed E-state index contributed by atoms with van der Waals surface area (Å²) in [7, 11) is 0. The van der Waals surface area contributed by atoms with E-state index in [0.29, 0.717) is 17.9 Å². The van der Waals surface area contributed by atoms with Gasteiger partial charge in [-0.25, -0.2) is 0 Å². The number of benzene rings is 3. The van der Waals surface area contributed by atoms with Crippen LogP contribution in [0.3, 0.4) is 0 Å². The van der Waals surface area contributed by atoms with E-state index in [1.807, 2.05) is 99.6 Å². The van der Waals surface area contributed by atoms with Crippen molar-refractivity contribution in [3.8, 4) is 11.5 Å². The molecule has 7 nitrogen and oxygen atoms in total. The highest BCUT2D eigenvalue weighted by molar-refractivity contribution is 6.01. The molecule has 0 fully saturated rings. The Balaban J connectivity index is 0.000000178. The molecule has 7 heteroatoms. The molecule has 3 unspecified atom stereocenters. The van der Waals surface area contributed by atoms with Crippen LogP contribution in [-0.2, 0) is 44.7 Å². The molecule has 282 valence electrons. The third-order valence-corrected chi connectivity index (χ3v) is 11.5. The summed E-state index contributed by atoms with van der Waals surface area (Å²) in [5.41, 5.74) is 4.63. The number of carbonyl (C=O) groups excluding carboxylic acids is 3. The van der Waals surface area contributed by atoms with Gasteiger partial charge in [0.15, 0.2) is 5.78 Å². The Morgan fingerprint density at radius 1 is 0.769 bits per heavy atom. The van der Waals surface area contributed by atoms with Crippen molar-refractivity contribution in [2.75, 3.05) is 0 Å². The van der Waals surface area contributed by atoms with Crippen molar-refractivity contribution < 1.29 is 33.7 Å². The Bertz CT molecular complexity index is 1690. The minimum absolute atomic E-state index is 0.0117. The van der Waals surface area contributed by atoms with Crippen LogP contribution in [0.2, 0.25) is 0 Å². The Kier molecular flexibility index (Phi) is 13.0. The molecule has 0 spiro atoms. The van der Waals surface area contributed by atoms with Gasteiger partial charge in [-0.3, -0.25) is 14.4 Å². The number of fused-ring (bicyclic) bond motifs is 3. The second-order valence-corrected chi connectivity index (χ2v) is 16.5. The number of phenols is 1. The summed E-state index contributed by atoms with van der Waals surface area (Å²) in [6, 6.07) is 21.4. The summed E-state index contributed by atoms with van der Waals surface area (Å²) < 4.78 is 17.1. The van der Waals surface area contributed by atoms with Gasteiger partial charge in [-0.2, -0.15) is 0 Å². The molecular weight excluding hydrogens is 652 g/mol. The molecule has 6 rings (SSSR count). The van der Waals surface area contributed by atoms with E-state index < -0.39 is 16.4 Å². The third kappa shape index (κ3) is 9.84. The van der Waals surface area contributed by atoms with Crippen LogP contribution in [0.25, 0.3) is 0 Å². The molecule has 0 amide bonds. The van der Waals surface area contributed by atoms with E-state index in [1.54, 1.807) is 12.1 Å². The molecule has 0 saturated carbocycles. The molecule has 0 saturated heterocycles. The van der Waals surface area contributed by atoms with Crippen molar-refractivity contribution in [3.05, 3.63) is 94.5 Å². The van der Waals surface area contributed by atoms with Crippen molar-refractivity contribution in [2.24, 2.45) is 22.7 Å². The summed E-state index contributed by atoms with van der Waals surface area (Å²) in [6.07, 6.45) is 5.97. The standard InChI is InChI=1S/C18H26O2.C16H22O3.C11H12O2/c1-6-17(2,3)16(19)20-18(4,5)15-11-13-9-7-8-10-14(13)12-15;1-4-16(2,3)15(18)19-14-8-6-11-5-7-13(17)9-12(11)10-14;1-7-8(2)13-10-6-4-3-5-9(10)11(7)12/h7-10,15H,6,11-12H2,1-5H3;5,7,9,14,17H,4,6,8,10H2,1-3H3;3-8H,1-2H3. The van der Waals surface area contributed by atoms with Crippen molar-refractivity contribution in [2.45, 2.75) is 132 Å². The monoisotopic (exact) mass is 712 g/mol. The maximum Gasteiger partial charge on any atom is 0.312 e. The number of ketones is 1. The fourth-order valence-corrected chi connectivity index (χ4v) is 6.45. The number of hydrogen-bond acceptors (Lipinski definition) is 7. The average Bonchev–Trinajstić information content (AvgIpc) is 3.57. The normalized spacial score (nSPS) is 19.7. The van der Waals surface area contributed by atoms with Crippen LogP contribution in [0, 0.1) is 22.7 Å². The van der Waals surface area contributed by atoms with Crippen molar-refractivity contribution >= 4 is 17.7 Å². The molecule has 2 aliphatic carbocycles.